The van der Waals surface area contributed by atoms with Crippen molar-refractivity contribution >= 4 is 22.5 Å². The van der Waals surface area contributed by atoms with Crippen LogP contribution in [0.1, 0.15) is 22.2 Å². The predicted molar refractivity (Wildman–Crippen MR) is 76.3 cm³/mol. The maximum atomic E-state index is 7.72. The smallest absolute Gasteiger partial charge is 0.126 e. The van der Waals surface area contributed by atoms with Gasteiger partial charge in [0.25, 0.3) is 0 Å². The van der Waals surface area contributed by atoms with Crippen LogP contribution in [0.2, 0.25) is 0 Å². The van der Waals surface area contributed by atoms with E-state index in [4.69, 9.17) is 7.48 Å². The molecule has 0 N–H and O–H groups in total. The number of fused-ring (bicyclic) bond motifs is 1. The first-order valence-corrected chi connectivity index (χ1v) is 6.55. The third-order valence-electron chi connectivity index (χ3n) is 2.84. The number of benzene rings is 2. The van der Waals surface area contributed by atoms with Crippen LogP contribution >= 0.6 is 11.8 Å². The molecule has 0 fully saturated rings. The Hall–Kier alpha value is -1.15. The molecule has 1 nitrogen and oxygen atoms in total. The number of thioether (sulfide) groups is 1. The SMILES string of the molecule is [1H][13C]([2H])(C)Sc1ccc(OC)c2cc(CC)ccc12. The molecular formula is C15H18OS. The zero-order chi connectivity index (χ0) is 14.0. The van der Waals surface area contributed by atoms with E-state index in [1.165, 1.54) is 17.3 Å². The lowest BCUT2D eigenvalue weighted by molar-refractivity contribution is 0.419. The van der Waals surface area contributed by atoms with Crippen molar-refractivity contribution in [1.29, 1.82) is 0 Å². The highest BCUT2D eigenvalue weighted by molar-refractivity contribution is 7.99. The van der Waals surface area contributed by atoms with Gasteiger partial charge in [0, 0.05) is 13.0 Å². The summed E-state index contributed by atoms with van der Waals surface area (Å²) in [4.78, 5) is 0.950. The zero-order valence-corrected chi connectivity index (χ0v) is 11.2. The number of hydrogen-bond donors (Lipinski definition) is 0. The van der Waals surface area contributed by atoms with Crippen LogP contribution in [0, 0.1) is 0 Å². The Labute approximate surface area is 110 Å². The van der Waals surface area contributed by atoms with Crippen LogP contribution in [0.15, 0.2) is 35.2 Å². The molecule has 2 aromatic rings. The molecule has 0 radical (unpaired) electrons. The molecule has 2 aromatic carbocycles. The molecule has 0 aliphatic carbocycles. The third kappa shape index (κ3) is 2.42. The van der Waals surface area contributed by atoms with Gasteiger partial charge in [-0.15, -0.1) is 11.8 Å². The van der Waals surface area contributed by atoms with Crippen molar-refractivity contribution in [1.82, 2.24) is 0 Å². The summed E-state index contributed by atoms with van der Waals surface area (Å²) < 4.78 is 20.8. The van der Waals surface area contributed by atoms with Crippen LogP contribution in [0.3, 0.4) is 0 Å². The molecule has 0 aliphatic rings. The molecular weight excluding hydrogens is 229 g/mol. The van der Waals surface area contributed by atoms with Crippen molar-refractivity contribution in [2.45, 2.75) is 25.2 Å². The lowest BCUT2D eigenvalue weighted by Crippen LogP contribution is -1.89. The van der Waals surface area contributed by atoms with Gasteiger partial charge in [0.15, 0.2) is 0 Å². The fourth-order valence-corrected chi connectivity index (χ4v) is 2.58. The number of methoxy groups -OCH3 is 1. The molecule has 0 aliphatic heterocycles. The Kier molecular flexibility index (Phi) is 3.16. The van der Waals surface area contributed by atoms with E-state index < -0.39 is 5.70 Å². The monoisotopic (exact) mass is 248 g/mol. The summed E-state index contributed by atoms with van der Waals surface area (Å²) in [6.45, 7) is 3.70. The Bertz CT molecular complexity index is 590. The standard InChI is InChI=1S/C15H18OS/c1-4-11-6-7-12-13(10-11)14(16-3)8-9-15(12)17-5-2/h6-10H,4-5H2,1-3H3/i5+1DH. The van der Waals surface area contributed by atoms with Gasteiger partial charge in [0.2, 0.25) is 0 Å². The van der Waals surface area contributed by atoms with E-state index in [0.29, 0.717) is 0 Å². The summed E-state index contributed by atoms with van der Waals surface area (Å²) in [7, 11) is 1.67. The summed E-state index contributed by atoms with van der Waals surface area (Å²) in [5.74, 6) is 0.839. The van der Waals surface area contributed by atoms with Crippen molar-refractivity contribution in [2.75, 3.05) is 12.8 Å². The van der Waals surface area contributed by atoms with Crippen molar-refractivity contribution in [2.24, 2.45) is 0 Å². The summed E-state index contributed by atoms with van der Waals surface area (Å²) in [6, 6.07) is 10.1. The molecule has 0 amide bonds. The lowest BCUT2D eigenvalue weighted by Gasteiger charge is -2.10. The summed E-state index contributed by atoms with van der Waals surface area (Å²) in [5.41, 5.74) is -0.0299. The second-order valence-electron chi connectivity index (χ2n) is 3.81. The van der Waals surface area contributed by atoms with E-state index in [0.717, 1.165) is 27.8 Å². The average molecular weight is 248 g/mol. The maximum Gasteiger partial charge on any atom is 0.126 e. The topological polar surface area (TPSA) is 9.23 Å². The highest BCUT2D eigenvalue weighted by Gasteiger charge is 2.07. The first-order valence-electron chi connectivity index (χ1n) is 6.73. The van der Waals surface area contributed by atoms with Crippen molar-refractivity contribution in [3.05, 3.63) is 35.9 Å². The van der Waals surface area contributed by atoms with Crippen molar-refractivity contribution < 1.29 is 7.48 Å². The number of aryl methyl sites for hydroxylation is 1. The third-order valence-corrected chi connectivity index (χ3v) is 3.62. The minimum absolute atomic E-state index is 0.839. The zero-order valence-electron chi connectivity index (χ0n) is 12.4. The van der Waals surface area contributed by atoms with Crippen LogP contribution in [-0.4, -0.2) is 12.8 Å². The second-order valence-corrected chi connectivity index (χ2v) is 4.86. The molecule has 0 saturated heterocycles. The van der Waals surface area contributed by atoms with Gasteiger partial charge in [-0.2, -0.15) is 0 Å². The molecule has 0 heterocycles. The molecule has 1 atom stereocenters. The van der Waals surface area contributed by atoms with Crippen molar-refractivity contribution in [3.8, 4) is 5.75 Å². The molecule has 0 spiro atoms. The molecule has 17 heavy (non-hydrogen) atoms. The maximum absolute atomic E-state index is 7.72. The van der Waals surface area contributed by atoms with E-state index in [-0.39, 0.29) is 0 Å². The van der Waals surface area contributed by atoms with Gasteiger partial charge in [-0.1, -0.05) is 26.0 Å². The van der Waals surface area contributed by atoms with Gasteiger partial charge in [-0.05, 0) is 41.3 Å². The fraction of sp³-hybridized carbons (Fsp3) is 0.333. The summed E-state index contributed by atoms with van der Waals surface area (Å²) >= 11 is 1.24. The highest BCUT2D eigenvalue weighted by atomic mass is 32.2. The normalized spacial score (nSPS) is 16.2. The van der Waals surface area contributed by atoms with Crippen LogP contribution < -0.4 is 4.74 Å². The van der Waals surface area contributed by atoms with Crippen LogP contribution in [0.4, 0.5) is 0 Å². The summed E-state index contributed by atoms with van der Waals surface area (Å²) in [5, 5.41) is 2.10. The van der Waals surface area contributed by atoms with Crippen molar-refractivity contribution in [3.63, 3.8) is 0 Å². The number of rotatable bonds is 4. The highest BCUT2D eigenvalue weighted by Crippen LogP contribution is 2.34. The minimum Gasteiger partial charge on any atom is -0.496 e. The van der Waals surface area contributed by atoms with Gasteiger partial charge in [-0.3, -0.25) is 0 Å². The van der Waals surface area contributed by atoms with Gasteiger partial charge >= 0.3 is 0 Å². The van der Waals surface area contributed by atoms with Gasteiger partial charge in [0.05, 0.1) is 7.11 Å². The summed E-state index contributed by atoms with van der Waals surface area (Å²) in [6.07, 6.45) is 0.977. The Morgan fingerprint density at radius 2 is 2.12 bits per heavy atom. The molecule has 90 valence electrons. The molecule has 0 bridgehead atoms. The van der Waals surface area contributed by atoms with Crippen LogP contribution in [-0.2, 0) is 6.42 Å². The molecule has 1 unspecified atom stereocenters. The number of hydrogen-bond acceptors (Lipinski definition) is 2. The average Bonchev–Trinajstić information content (AvgIpc) is 2.36. The van der Waals surface area contributed by atoms with Gasteiger partial charge in [-0.25, -0.2) is 0 Å². The molecule has 2 heteroatoms. The van der Waals surface area contributed by atoms with Crippen LogP contribution in [0.5, 0.6) is 5.75 Å². The van der Waals surface area contributed by atoms with E-state index in [9.17, 15) is 0 Å². The number of ether oxygens (including phenoxy) is 1. The van der Waals surface area contributed by atoms with E-state index in [1.54, 1.807) is 14.0 Å². The van der Waals surface area contributed by atoms with E-state index in [2.05, 4.69) is 25.1 Å². The van der Waals surface area contributed by atoms with Gasteiger partial charge < -0.3 is 4.74 Å². The van der Waals surface area contributed by atoms with E-state index >= 15 is 0 Å². The molecule has 0 saturated carbocycles. The van der Waals surface area contributed by atoms with Gasteiger partial charge in [0.1, 0.15) is 5.75 Å². The Morgan fingerprint density at radius 3 is 2.76 bits per heavy atom. The first-order chi connectivity index (χ1) is 8.94. The minimum atomic E-state index is -1.29. The lowest BCUT2D eigenvalue weighted by atomic mass is 10.0. The molecule has 2 rings (SSSR count). The molecule has 0 aromatic heterocycles. The Morgan fingerprint density at radius 1 is 1.29 bits per heavy atom. The van der Waals surface area contributed by atoms with E-state index in [1.807, 2.05) is 12.1 Å². The van der Waals surface area contributed by atoms with Crippen LogP contribution in [0.25, 0.3) is 10.8 Å². The second kappa shape index (κ2) is 5.46. The quantitative estimate of drug-likeness (QED) is 0.581. The fourth-order valence-electron chi connectivity index (χ4n) is 1.94. The first kappa shape index (κ1) is 9.84. The largest absolute Gasteiger partial charge is 0.496 e. The Balaban J connectivity index is 2.62. The predicted octanol–water partition coefficient (Wildman–Crippen LogP) is 4.52.